The molecule has 3 rings (SSSR count). The standard InChI is InChI=1S/C29H39FN4O2S/c1-5-33(6-2)17-7-8-22(3)31-29(35)27-21-37-28(32-27)20-34(18-23-9-13-25(30)14-10-23)19-24-11-15-26(36-4)16-12-24/h9-16,21-22H,5-8,17-20H2,1-4H3,(H,31,35). The van der Waals surface area contributed by atoms with Crippen molar-refractivity contribution in [2.45, 2.75) is 59.3 Å². The van der Waals surface area contributed by atoms with Crippen LogP contribution in [0.25, 0.3) is 0 Å². The maximum atomic E-state index is 13.4. The molecule has 1 atom stereocenters. The van der Waals surface area contributed by atoms with E-state index >= 15 is 0 Å². The van der Waals surface area contributed by atoms with E-state index in [9.17, 15) is 9.18 Å². The number of ether oxygens (including phenoxy) is 1. The van der Waals surface area contributed by atoms with Crippen molar-refractivity contribution in [1.29, 1.82) is 0 Å². The number of carbonyl (C=O) groups is 1. The Hall–Kier alpha value is -2.81. The Kier molecular flexibility index (Phi) is 11.5. The summed E-state index contributed by atoms with van der Waals surface area (Å²) >= 11 is 1.49. The van der Waals surface area contributed by atoms with Crippen molar-refractivity contribution in [3.05, 3.63) is 81.6 Å². The zero-order valence-corrected chi connectivity index (χ0v) is 23.2. The number of nitrogens with zero attached hydrogens (tertiary/aromatic N) is 3. The third kappa shape index (κ3) is 9.54. The summed E-state index contributed by atoms with van der Waals surface area (Å²) in [5.41, 5.74) is 2.61. The van der Waals surface area contributed by atoms with Crippen molar-refractivity contribution >= 4 is 17.2 Å². The van der Waals surface area contributed by atoms with Gasteiger partial charge in [0.1, 0.15) is 22.3 Å². The highest BCUT2D eigenvalue weighted by Crippen LogP contribution is 2.19. The summed E-state index contributed by atoms with van der Waals surface area (Å²) in [6, 6.07) is 14.6. The summed E-state index contributed by atoms with van der Waals surface area (Å²) in [7, 11) is 1.65. The van der Waals surface area contributed by atoms with Gasteiger partial charge in [0.15, 0.2) is 0 Å². The van der Waals surface area contributed by atoms with Gasteiger partial charge in [-0.2, -0.15) is 0 Å². The fourth-order valence-corrected chi connectivity index (χ4v) is 5.03. The minimum atomic E-state index is -0.247. The molecule has 0 spiro atoms. The number of aromatic nitrogens is 1. The molecular formula is C29H39FN4O2S. The van der Waals surface area contributed by atoms with E-state index in [4.69, 9.17) is 4.74 Å². The van der Waals surface area contributed by atoms with Gasteiger partial charge in [-0.05, 0) is 74.8 Å². The van der Waals surface area contributed by atoms with Gasteiger partial charge in [-0.15, -0.1) is 11.3 Å². The van der Waals surface area contributed by atoms with Gasteiger partial charge in [-0.25, -0.2) is 9.37 Å². The van der Waals surface area contributed by atoms with Gasteiger partial charge in [0.05, 0.1) is 13.7 Å². The number of hydrogen-bond donors (Lipinski definition) is 1. The van der Waals surface area contributed by atoms with Crippen molar-refractivity contribution in [1.82, 2.24) is 20.1 Å². The highest BCUT2D eigenvalue weighted by molar-refractivity contribution is 7.09. The lowest BCUT2D eigenvalue weighted by Gasteiger charge is -2.22. The number of amides is 1. The molecule has 200 valence electrons. The van der Waals surface area contributed by atoms with Crippen molar-refractivity contribution in [2.24, 2.45) is 0 Å². The van der Waals surface area contributed by atoms with Crippen molar-refractivity contribution in [2.75, 3.05) is 26.7 Å². The first-order valence-corrected chi connectivity index (χ1v) is 13.9. The van der Waals surface area contributed by atoms with Crippen LogP contribution in [0, 0.1) is 5.82 Å². The van der Waals surface area contributed by atoms with Gasteiger partial charge in [-0.1, -0.05) is 38.1 Å². The van der Waals surface area contributed by atoms with Crippen LogP contribution in [0.2, 0.25) is 0 Å². The monoisotopic (exact) mass is 526 g/mol. The Balaban J connectivity index is 1.61. The summed E-state index contributed by atoms with van der Waals surface area (Å²) in [4.78, 5) is 22.1. The van der Waals surface area contributed by atoms with Crippen molar-refractivity contribution in [3.8, 4) is 5.75 Å². The summed E-state index contributed by atoms with van der Waals surface area (Å²) in [5.74, 6) is 0.438. The van der Waals surface area contributed by atoms with E-state index in [1.54, 1.807) is 19.2 Å². The van der Waals surface area contributed by atoms with E-state index in [2.05, 4.69) is 33.9 Å². The van der Waals surface area contributed by atoms with Crippen LogP contribution in [0.3, 0.4) is 0 Å². The molecule has 1 aromatic heterocycles. The molecular weight excluding hydrogens is 487 g/mol. The second kappa shape index (κ2) is 14.8. The number of thiazole rings is 1. The second-order valence-electron chi connectivity index (χ2n) is 9.29. The number of methoxy groups -OCH3 is 1. The maximum Gasteiger partial charge on any atom is 0.270 e. The SMILES string of the molecule is CCN(CC)CCCC(C)NC(=O)c1csc(CN(Cc2ccc(F)cc2)Cc2ccc(OC)cc2)n1. The molecule has 0 bridgehead atoms. The van der Waals surface area contributed by atoms with E-state index in [1.165, 1.54) is 23.5 Å². The van der Waals surface area contributed by atoms with Crippen LogP contribution in [0.15, 0.2) is 53.9 Å². The van der Waals surface area contributed by atoms with Gasteiger partial charge in [0.25, 0.3) is 5.91 Å². The summed E-state index contributed by atoms with van der Waals surface area (Å²) in [5, 5.41) is 5.79. The highest BCUT2D eigenvalue weighted by atomic mass is 32.1. The molecule has 3 aromatic rings. The largest absolute Gasteiger partial charge is 0.497 e. The summed E-state index contributed by atoms with van der Waals surface area (Å²) in [6.45, 7) is 11.5. The van der Waals surface area contributed by atoms with Gasteiger partial charge in [0.2, 0.25) is 0 Å². The smallest absolute Gasteiger partial charge is 0.270 e. The molecule has 2 aromatic carbocycles. The predicted octanol–water partition coefficient (Wildman–Crippen LogP) is 5.73. The molecule has 0 aliphatic carbocycles. The average Bonchev–Trinajstić information content (AvgIpc) is 3.37. The summed E-state index contributed by atoms with van der Waals surface area (Å²) < 4.78 is 18.7. The number of rotatable bonds is 15. The Labute approximate surface area is 224 Å². The van der Waals surface area contributed by atoms with Gasteiger partial charge in [-0.3, -0.25) is 9.69 Å². The van der Waals surface area contributed by atoms with Crippen LogP contribution >= 0.6 is 11.3 Å². The molecule has 6 nitrogen and oxygen atoms in total. The van der Waals surface area contributed by atoms with Crippen LogP contribution in [0.1, 0.15) is 60.2 Å². The lowest BCUT2D eigenvalue weighted by atomic mass is 10.1. The van der Waals surface area contributed by atoms with E-state index in [1.807, 2.05) is 36.6 Å². The molecule has 0 radical (unpaired) electrons. The van der Waals surface area contributed by atoms with Gasteiger partial charge >= 0.3 is 0 Å². The molecule has 8 heteroatoms. The first-order valence-electron chi connectivity index (χ1n) is 13.0. The fourth-order valence-electron chi connectivity index (χ4n) is 4.21. The molecule has 0 fully saturated rings. The van der Waals surface area contributed by atoms with Crippen LogP contribution in [0.4, 0.5) is 4.39 Å². The number of carbonyl (C=O) groups excluding carboxylic acids is 1. The quantitative estimate of drug-likeness (QED) is 0.274. The van der Waals surface area contributed by atoms with Crippen molar-refractivity contribution < 1.29 is 13.9 Å². The topological polar surface area (TPSA) is 57.7 Å². The predicted molar refractivity (Wildman–Crippen MR) is 148 cm³/mol. The van der Waals surface area contributed by atoms with Crippen molar-refractivity contribution in [3.63, 3.8) is 0 Å². The first-order chi connectivity index (χ1) is 17.9. The Morgan fingerprint density at radius 1 is 1.00 bits per heavy atom. The Morgan fingerprint density at radius 2 is 1.62 bits per heavy atom. The van der Waals surface area contributed by atoms with Crippen LogP contribution in [-0.2, 0) is 19.6 Å². The van der Waals surface area contributed by atoms with Gasteiger partial charge in [0, 0.05) is 24.5 Å². The van der Waals surface area contributed by atoms with E-state index < -0.39 is 0 Å². The van der Waals surface area contributed by atoms with Gasteiger partial charge < -0.3 is 15.0 Å². The fraction of sp³-hybridized carbons (Fsp3) is 0.448. The normalized spacial score (nSPS) is 12.2. The first kappa shape index (κ1) is 28.8. The average molecular weight is 527 g/mol. The number of nitrogens with one attached hydrogen (secondary N) is 1. The third-order valence-corrected chi connectivity index (χ3v) is 7.24. The zero-order chi connectivity index (χ0) is 26.6. The van der Waals surface area contributed by atoms with E-state index in [0.717, 1.165) is 54.4 Å². The highest BCUT2D eigenvalue weighted by Gasteiger charge is 2.16. The molecule has 1 unspecified atom stereocenters. The second-order valence-corrected chi connectivity index (χ2v) is 10.2. The van der Waals surface area contributed by atoms with Crippen LogP contribution in [-0.4, -0.2) is 53.5 Å². The molecule has 37 heavy (non-hydrogen) atoms. The lowest BCUT2D eigenvalue weighted by molar-refractivity contribution is 0.0932. The third-order valence-electron chi connectivity index (χ3n) is 6.41. The van der Waals surface area contributed by atoms with Crippen LogP contribution < -0.4 is 10.1 Å². The Bertz CT molecular complexity index is 1080. The molecule has 0 saturated heterocycles. The number of hydrogen-bond acceptors (Lipinski definition) is 6. The molecule has 1 N–H and O–H groups in total. The molecule has 1 heterocycles. The van der Waals surface area contributed by atoms with E-state index in [-0.39, 0.29) is 17.8 Å². The molecule has 0 saturated carbocycles. The number of halogens is 1. The molecule has 0 aliphatic heterocycles. The lowest BCUT2D eigenvalue weighted by Crippen LogP contribution is -2.34. The minimum Gasteiger partial charge on any atom is -0.497 e. The number of benzene rings is 2. The maximum absolute atomic E-state index is 13.4. The van der Waals surface area contributed by atoms with E-state index in [0.29, 0.717) is 25.3 Å². The van der Waals surface area contributed by atoms with Crippen LogP contribution in [0.5, 0.6) is 5.75 Å². The molecule has 1 amide bonds. The Morgan fingerprint density at radius 3 is 2.22 bits per heavy atom. The summed E-state index contributed by atoms with van der Waals surface area (Å²) in [6.07, 6.45) is 1.99. The minimum absolute atomic E-state index is 0.0956. The molecule has 0 aliphatic rings. The zero-order valence-electron chi connectivity index (χ0n) is 22.4.